The van der Waals surface area contributed by atoms with Gasteiger partial charge in [0.2, 0.25) is 0 Å². The molecule has 3 N–H and O–H groups in total. The summed E-state index contributed by atoms with van der Waals surface area (Å²) in [5.74, 6) is -0.232. The molecule has 296 valence electrons. The fourth-order valence-corrected chi connectivity index (χ4v) is 8.92. The van der Waals surface area contributed by atoms with E-state index >= 15 is 0 Å². The average Bonchev–Trinajstić information content (AvgIpc) is 3.66. The summed E-state index contributed by atoms with van der Waals surface area (Å²) in [5, 5.41) is 7.59. The highest BCUT2D eigenvalue weighted by Gasteiger charge is 2.31. The molecule has 0 bridgehead atoms. The van der Waals surface area contributed by atoms with E-state index in [2.05, 4.69) is 61.0 Å². The predicted molar refractivity (Wildman–Crippen MR) is 222 cm³/mol. The first-order valence-corrected chi connectivity index (χ1v) is 20.9. The van der Waals surface area contributed by atoms with Crippen molar-refractivity contribution in [2.75, 3.05) is 49.5 Å². The number of pyridine rings is 1. The van der Waals surface area contributed by atoms with Gasteiger partial charge in [0.25, 0.3) is 15.9 Å². The molecule has 1 aliphatic carbocycles. The van der Waals surface area contributed by atoms with Gasteiger partial charge in [-0.25, -0.2) is 18.1 Å². The Hall–Kier alpha value is -5.44. The molecule has 3 aliphatic rings. The van der Waals surface area contributed by atoms with Crippen LogP contribution in [0.5, 0.6) is 17.2 Å². The second-order valence-electron chi connectivity index (χ2n) is 15.7. The van der Waals surface area contributed by atoms with E-state index in [0.29, 0.717) is 23.6 Å². The Morgan fingerprint density at radius 3 is 2.63 bits per heavy atom. The Morgan fingerprint density at radius 2 is 1.86 bits per heavy atom. The number of hydrogen-bond acceptors (Lipinski definition) is 11. The summed E-state index contributed by atoms with van der Waals surface area (Å²) in [4.78, 5) is 37.4. The molecule has 1 atom stereocenters. The minimum absolute atomic E-state index is 0.00440. The van der Waals surface area contributed by atoms with Crippen LogP contribution in [0.2, 0.25) is 5.02 Å². The van der Waals surface area contributed by atoms with Crippen LogP contribution < -0.4 is 24.4 Å². The second kappa shape index (κ2) is 15.5. The fourth-order valence-electron chi connectivity index (χ4n) is 7.79. The maximum absolute atomic E-state index is 13.9. The lowest BCUT2D eigenvalue weighted by molar-refractivity contribution is 0.0979. The first kappa shape index (κ1) is 38.4. The Bertz CT molecular complexity index is 2490. The highest BCUT2D eigenvalue weighted by atomic mass is 35.5. The number of aromatic nitrogens is 2. The Labute approximate surface area is 336 Å². The molecule has 5 aromatic rings. The van der Waals surface area contributed by atoms with Crippen LogP contribution in [0, 0.1) is 10.3 Å². The van der Waals surface area contributed by atoms with Crippen LogP contribution >= 0.6 is 11.6 Å². The van der Waals surface area contributed by atoms with E-state index in [1.807, 2.05) is 18.2 Å². The van der Waals surface area contributed by atoms with Gasteiger partial charge in [0.1, 0.15) is 40.4 Å². The van der Waals surface area contributed by atoms with E-state index in [4.69, 9.17) is 21.1 Å². The van der Waals surface area contributed by atoms with Crippen LogP contribution in [0.15, 0.2) is 94.8 Å². The van der Waals surface area contributed by atoms with E-state index in [1.165, 1.54) is 29.0 Å². The minimum atomic E-state index is -4.49. The smallest absolute Gasteiger partial charge is 0.268 e. The van der Waals surface area contributed by atoms with Crippen LogP contribution in [0.25, 0.3) is 16.6 Å². The number of nitrogens with one attached hydrogen (secondary N) is 3. The summed E-state index contributed by atoms with van der Waals surface area (Å²) in [6, 6.07) is 19.3. The van der Waals surface area contributed by atoms with Crippen molar-refractivity contribution in [3.05, 3.63) is 106 Å². The van der Waals surface area contributed by atoms with Crippen molar-refractivity contribution in [1.29, 1.82) is 0 Å². The first-order chi connectivity index (χ1) is 27.3. The SMILES string of the molecule is C[C@H]1CNc2c(N=O)cc(S(=O)(=O)NC(=O)c3ccc(N4CCN(CC5=C(c6ccc(Cl)cc6)CC(C)(C)CC5)CC4)cc3Oc3cnc4[nH]ccc4c3)cc2O1. The molecule has 15 heteroatoms. The second-order valence-corrected chi connectivity index (χ2v) is 17.8. The molecule has 0 radical (unpaired) electrons. The van der Waals surface area contributed by atoms with E-state index in [0.717, 1.165) is 74.1 Å². The number of nitroso groups, excluding NO2 is 1. The van der Waals surface area contributed by atoms with Gasteiger partial charge in [-0.2, -0.15) is 0 Å². The molecule has 0 spiro atoms. The van der Waals surface area contributed by atoms with Gasteiger partial charge >= 0.3 is 0 Å². The van der Waals surface area contributed by atoms with Gasteiger partial charge in [0.15, 0.2) is 0 Å². The molecule has 0 unspecified atom stereocenters. The molecule has 4 heterocycles. The summed E-state index contributed by atoms with van der Waals surface area (Å²) >= 11 is 6.23. The van der Waals surface area contributed by atoms with Crippen LogP contribution in [0.4, 0.5) is 17.1 Å². The van der Waals surface area contributed by atoms with Crippen LogP contribution in [0.3, 0.4) is 0 Å². The monoisotopic (exact) mass is 809 g/mol. The largest absolute Gasteiger partial charge is 0.487 e. The zero-order chi connectivity index (χ0) is 39.9. The normalized spacial score (nSPS) is 18.4. The van der Waals surface area contributed by atoms with Crippen LogP contribution in [-0.4, -0.2) is 74.6 Å². The van der Waals surface area contributed by atoms with Crippen molar-refractivity contribution in [2.24, 2.45) is 10.6 Å². The molecular formula is C42H44ClN7O6S. The number of ether oxygens (including phenoxy) is 2. The zero-order valence-corrected chi connectivity index (χ0v) is 33.5. The number of piperazine rings is 1. The Morgan fingerprint density at radius 1 is 1.07 bits per heavy atom. The lowest BCUT2D eigenvalue weighted by Crippen LogP contribution is -2.47. The average molecular weight is 810 g/mol. The number of nitrogens with zero attached hydrogens (tertiary/aromatic N) is 4. The van der Waals surface area contributed by atoms with Gasteiger partial charge in [0, 0.05) is 67.1 Å². The molecule has 8 rings (SSSR count). The highest BCUT2D eigenvalue weighted by molar-refractivity contribution is 7.90. The van der Waals surface area contributed by atoms with Gasteiger partial charge in [-0.1, -0.05) is 43.2 Å². The standard InChI is InChI=1S/C42H44ClN7O6S/c1-26-23-45-39-36(47-52)20-33(21-38(39)55-26)57(53,54)48-41(51)34-9-8-31(19-37(34)56-32-18-28-11-13-44-40(28)46-24-32)50-16-14-49(15-17-50)25-29-10-12-42(2,3)22-35(29)27-4-6-30(43)7-5-27/h4-9,11,13,18-21,24,26,45H,10,12,14-17,22-23,25H2,1-3H3,(H,44,46)(H,48,51)/t26-/m0/s1. The van der Waals surface area contributed by atoms with Gasteiger partial charge in [-0.05, 0) is 90.4 Å². The van der Waals surface area contributed by atoms with Gasteiger partial charge < -0.3 is 24.7 Å². The van der Waals surface area contributed by atoms with Crippen molar-refractivity contribution in [3.8, 4) is 17.2 Å². The molecule has 57 heavy (non-hydrogen) atoms. The number of halogens is 1. The van der Waals surface area contributed by atoms with E-state index in [1.54, 1.807) is 37.4 Å². The lowest BCUT2D eigenvalue weighted by atomic mass is 9.72. The van der Waals surface area contributed by atoms with Crippen molar-refractivity contribution in [3.63, 3.8) is 0 Å². The third-order valence-corrected chi connectivity index (χ3v) is 12.5. The van der Waals surface area contributed by atoms with Crippen molar-refractivity contribution in [1.82, 2.24) is 19.6 Å². The number of benzene rings is 3. The third kappa shape index (κ3) is 8.34. The van der Waals surface area contributed by atoms with E-state index in [-0.39, 0.29) is 39.2 Å². The number of aromatic amines is 1. The van der Waals surface area contributed by atoms with Gasteiger partial charge in [0.05, 0.1) is 23.2 Å². The molecule has 2 aliphatic heterocycles. The maximum Gasteiger partial charge on any atom is 0.268 e. The maximum atomic E-state index is 13.9. The predicted octanol–water partition coefficient (Wildman–Crippen LogP) is 8.50. The number of rotatable bonds is 10. The number of sulfonamides is 1. The summed E-state index contributed by atoms with van der Waals surface area (Å²) in [6.07, 6.45) is 6.25. The van der Waals surface area contributed by atoms with Crippen molar-refractivity contribution in [2.45, 2.75) is 51.0 Å². The highest BCUT2D eigenvalue weighted by Crippen LogP contribution is 2.44. The van der Waals surface area contributed by atoms with E-state index < -0.39 is 15.9 Å². The van der Waals surface area contributed by atoms with Crippen molar-refractivity contribution >= 4 is 61.2 Å². The number of H-pyrrole nitrogens is 1. The van der Waals surface area contributed by atoms with Crippen molar-refractivity contribution < 1.29 is 22.7 Å². The lowest BCUT2D eigenvalue weighted by Gasteiger charge is -2.39. The minimum Gasteiger partial charge on any atom is -0.487 e. The van der Waals surface area contributed by atoms with Gasteiger partial charge in [-0.15, -0.1) is 4.91 Å². The topological polar surface area (TPSA) is 158 Å². The Balaban J connectivity index is 1.03. The van der Waals surface area contributed by atoms with Crippen LogP contribution in [0.1, 0.15) is 56.0 Å². The number of amides is 1. The summed E-state index contributed by atoms with van der Waals surface area (Å²) in [5.41, 5.74) is 6.02. The molecule has 2 aromatic heterocycles. The molecule has 0 saturated carbocycles. The summed E-state index contributed by atoms with van der Waals surface area (Å²) < 4.78 is 41.5. The molecular weight excluding hydrogens is 766 g/mol. The molecule has 1 amide bonds. The zero-order valence-electron chi connectivity index (χ0n) is 32.0. The molecule has 3 aromatic carbocycles. The number of allylic oxidation sites excluding steroid dienone is 1. The van der Waals surface area contributed by atoms with Crippen LogP contribution in [-0.2, 0) is 10.0 Å². The molecule has 1 fully saturated rings. The third-order valence-electron chi connectivity index (χ3n) is 10.9. The summed E-state index contributed by atoms with van der Waals surface area (Å²) in [6.45, 7) is 10.9. The molecule has 13 nitrogen and oxygen atoms in total. The number of anilines is 2. The molecule has 1 saturated heterocycles. The Kier molecular flexibility index (Phi) is 10.4. The van der Waals surface area contributed by atoms with E-state index in [9.17, 15) is 18.1 Å². The fraction of sp³-hybridized carbons (Fsp3) is 0.333. The van der Waals surface area contributed by atoms with Gasteiger partial charge in [-0.3, -0.25) is 9.69 Å². The number of carbonyl (C=O) groups is 1. The number of carbonyl (C=O) groups excluding carboxylic acids is 1. The summed E-state index contributed by atoms with van der Waals surface area (Å²) in [7, 11) is -4.49. The number of fused-ring (bicyclic) bond motifs is 2. The number of hydrogen-bond donors (Lipinski definition) is 3. The quantitative estimate of drug-likeness (QED) is 0.117. The first-order valence-electron chi connectivity index (χ1n) is 19.0.